The van der Waals surface area contributed by atoms with Gasteiger partial charge in [0.1, 0.15) is 11.8 Å². The van der Waals surface area contributed by atoms with Crippen molar-refractivity contribution in [2.45, 2.75) is 26.3 Å². The molecule has 1 aromatic carbocycles. The lowest BCUT2D eigenvalue weighted by molar-refractivity contribution is -0.138. The maximum absolute atomic E-state index is 11.0. The molecule has 0 radical (unpaired) electrons. The number of carboxylic acid groups (broad SMARTS) is 1. The second kappa shape index (κ2) is 6.54. The molecule has 1 unspecified atom stereocenters. The zero-order valence-electron chi connectivity index (χ0n) is 10.3. The van der Waals surface area contributed by atoms with Gasteiger partial charge in [-0.25, -0.2) is 4.79 Å². The summed E-state index contributed by atoms with van der Waals surface area (Å²) in [5.41, 5.74) is 0.499. The topological polar surface area (TPSA) is 69.9 Å². The molecule has 5 heteroatoms. The summed E-state index contributed by atoms with van der Waals surface area (Å²) in [6, 6.07) is 4.15. The van der Waals surface area contributed by atoms with E-state index < -0.39 is 12.0 Å². The molecule has 0 aliphatic heterocycles. The zero-order chi connectivity index (χ0) is 13.7. The minimum atomic E-state index is -0.950. The molecule has 0 bridgehead atoms. The second-order valence-corrected chi connectivity index (χ2v) is 5.38. The highest BCUT2D eigenvalue weighted by atomic mass is 79.9. The van der Waals surface area contributed by atoms with Crippen molar-refractivity contribution in [2.24, 2.45) is 10.9 Å². The van der Waals surface area contributed by atoms with Gasteiger partial charge in [0.25, 0.3) is 0 Å². The highest BCUT2D eigenvalue weighted by molar-refractivity contribution is 9.10. The molecule has 98 valence electrons. The van der Waals surface area contributed by atoms with Crippen LogP contribution in [0, 0.1) is 5.92 Å². The van der Waals surface area contributed by atoms with Crippen molar-refractivity contribution >= 4 is 28.1 Å². The van der Waals surface area contributed by atoms with E-state index in [-0.39, 0.29) is 11.7 Å². The van der Waals surface area contributed by atoms with Crippen LogP contribution in [0.25, 0.3) is 0 Å². The van der Waals surface area contributed by atoms with E-state index in [0.717, 1.165) is 4.47 Å². The molecule has 0 amide bonds. The lowest BCUT2D eigenvalue weighted by Gasteiger charge is -2.09. The molecule has 0 saturated carbocycles. The first-order chi connectivity index (χ1) is 8.40. The first-order valence-corrected chi connectivity index (χ1v) is 6.44. The number of aromatic hydroxyl groups is 1. The number of carboxylic acids is 1. The second-order valence-electron chi connectivity index (χ2n) is 4.46. The smallest absolute Gasteiger partial charge is 0.328 e. The van der Waals surface area contributed by atoms with E-state index in [1.54, 1.807) is 12.1 Å². The Balaban J connectivity index is 2.88. The molecule has 0 spiro atoms. The van der Waals surface area contributed by atoms with Crippen LogP contribution >= 0.6 is 15.9 Å². The number of phenolic OH excluding ortho intramolecular Hbond substituents is 1. The highest BCUT2D eigenvalue weighted by Gasteiger charge is 2.16. The summed E-state index contributed by atoms with van der Waals surface area (Å²) in [5, 5.41) is 18.6. The molecule has 1 rings (SSSR count). The molecule has 4 nitrogen and oxygen atoms in total. The first kappa shape index (κ1) is 14.7. The number of phenols is 1. The van der Waals surface area contributed by atoms with Gasteiger partial charge >= 0.3 is 5.97 Å². The average molecular weight is 314 g/mol. The molecule has 18 heavy (non-hydrogen) atoms. The van der Waals surface area contributed by atoms with Crippen molar-refractivity contribution in [3.8, 4) is 5.75 Å². The highest BCUT2D eigenvalue weighted by Crippen LogP contribution is 2.20. The molecule has 2 N–H and O–H groups in total. The Morgan fingerprint density at radius 1 is 1.50 bits per heavy atom. The Labute approximate surface area is 114 Å². The number of aliphatic carboxylic acids is 1. The largest absolute Gasteiger partial charge is 0.507 e. The summed E-state index contributed by atoms with van der Waals surface area (Å²) < 4.78 is 0.803. The summed E-state index contributed by atoms with van der Waals surface area (Å²) in [4.78, 5) is 15.1. The summed E-state index contributed by atoms with van der Waals surface area (Å²) >= 11 is 3.28. The standard InChI is InChI=1S/C13H16BrNO3/c1-8(2)5-11(13(17)18)15-7-9-6-10(14)3-4-12(9)16/h3-4,6-8,11,16H,5H2,1-2H3,(H,17,18). The van der Waals surface area contributed by atoms with E-state index in [9.17, 15) is 9.90 Å². The molecular weight excluding hydrogens is 298 g/mol. The number of nitrogens with zero attached hydrogens (tertiary/aromatic N) is 1. The molecular formula is C13H16BrNO3. The number of hydrogen-bond acceptors (Lipinski definition) is 3. The van der Waals surface area contributed by atoms with Gasteiger partial charge in [0.05, 0.1) is 0 Å². The van der Waals surface area contributed by atoms with Crippen LogP contribution in [0.4, 0.5) is 0 Å². The monoisotopic (exact) mass is 313 g/mol. The molecule has 0 aromatic heterocycles. The summed E-state index contributed by atoms with van der Waals surface area (Å²) in [6.07, 6.45) is 1.88. The maximum atomic E-state index is 11.0. The third-order valence-electron chi connectivity index (χ3n) is 2.36. The lowest BCUT2D eigenvalue weighted by atomic mass is 10.0. The van der Waals surface area contributed by atoms with Crippen molar-refractivity contribution in [3.63, 3.8) is 0 Å². The van der Waals surface area contributed by atoms with Crippen LogP contribution in [-0.2, 0) is 4.79 Å². The van der Waals surface area contributed by atoms with Crippen molar-refractivity contribution in [3.05, 3.63) is 28.2 Å². The number of hydrogen-bond donors (Lipinski definition) is 2. The van der Waals surface area contributed by atoms with E-state index in [1.165, 1.54) is 12.3 Å². The predicted octanol–water partition coefficient (Wildman–Crippen LogP) is 3.07. The number of halogens is 1. The molecule has 0 heterocycles. The van der Waals surface area contributed by atoms with Crippen LogP contribution < -0.4 is 0 Å². The Morgan fingerprint density at radius 3 is 2.72 bits per heavy atom. The fraction of sp³-hybridized carbons (Fsp3) is 0.385. The minimum absolute atomic E-state index is 0.0793. The van der Waals surface area contributed by atoms with Crippen molar-refractivity contribution in [1.29, 1.82) is 0 Å². The number of benzene rings is 1. The predicted molar refractivity (Wildman–Crippen MR) is 74.3 cm³/mol. The minimum Gasteiger partial charge on any atom is -0.507 e. The summed E-state index contributed by atoms with van der Waals surface area (Å²) in [6.45, 7) is 3.89. The summed E-state index contributed by atoms with van der Waals surface area (Å²) in [7, 11) is 0. The van der Waals surface area contributed by atoms with Crippen LogP contribution in [-0.4, -0.2) is 28.4 Å². The van der Waals surface area contributed by atoms with E-state index in [0.29, 0.717) is 12.0 Å². The third kappa shape index (κ3) is 4.49. The van der Waals surface area contributed by atoms with Crippen LogP contribution in [0.15, 0.2) is 27.7 Å². The zero-order valence-corrected chi connectivity index (χ0v) is 11.9. The fourth-order valence-electron chi connectivity index (χ4n) is 1.47. The van der Waals surface area contributed by atoms with Gasteiger partial charge in [-0.05, 0) is 30.5 Å². The fourth-order valence-corrected chi connectivity index (χ4v) is 1.85. The number of rotatable bonds is 5. The third-order valence-corrected chi connectivity index (χ3v) is 2.86. The average Bonchev–Trinajstić information content (AvgIpc) is 2.27. The summed E-state index contributed by atoms with van der Waals surface area (Å²) in [5.74, 6) is -0.621. The van der Waals surface area contributed by atoms with Gasteiger partial charge in [0.2, 0.25) is 0 Å². The van der Waals surface area contributed by atoms with Gasteiger partial charge < -0.3 is 10.2 Å². The van der Waals surface area contributed by atoms with Crippen molar-refractivity contribution in [1.82, 2.24) is 0 Å². The van der Waals surface area contributed by atoms with Crippen LogP contribution in [0.5, 0.6) is 5.75 Å². The van der Waals surface area contributed by atoms with E-state index >= 15 is 0 Å². The van der Waals surface area contributed by atoms with Gasteiger partial charge in [0, 0.05) is 16.3 Å². The van der Waals surface area contributed by atoms with Gasteiger partial charge in [-0.15, -0.1) is 0 Å². The molecule has 1 aromatic rings. The van der Waals surface area contributed by atoms with Gasteiger partial charge in [0.15, 0.2) is 0 Å². The molecule has 0 aliphatic carbocycles. The Bertz CT molecular complexity index is 458. The van der Waals surface area contributed by atoms with Crippen LogP contribution in [0.3, 0.4) is 0 Å². The maximum Gasteiger partial charge on any atom is 0.328 e. The van der Waals surface area contributed by atoms with E-state index in [1.807, 2.05) is 13.8 Å². The number of aliphatic imine (C=N–C) groups is 1. The quantitative estimate of drug-likeness (QED) is 0.821. The molecule has 0 fully saturated rings. The Hall–Kier alpha value is -1.36. The van der Waals surface area contributed by atoms with Crippen molar-refractivity contribution in [2.75, 3.05) is 0 Å². The van der Waals surface area contributed by atoms with Gasteiger partial charge in [-0.2, -0.15) is 0 Å². The first-order valence-electron chi connectivity index (χ1n) is 5.64. The molecule has 0 aliphatic rings. The van der Waals surface area contributed by atoms with Gasteiger partial charge in [-0.3, -0.25) is 4.99 Å². The van der Waals surface area contributed by atoms with E-state index in [4.69, 9.17) is 5.11 Å². The van der Waals surface area contributed by atoms with Gasteiger partial charge in [-0.1, -0.05) is 29.8 Å². The van der Waals surface area contributed by atoms with Crippen LogP contribution in [0.1, 0.15) is 25.8 Å². The Kier molecular flexibility index (Phi) is 5.34. The van der Waals surface area contributed by atoms with Crippen molar-refractivity contribution < 1.29 is 15.0 Å². The molecule has 1 atom stereocenters. The Morgan fingerprint density at radius 2 is 2.17 bits per heavy atom. The molecule has 0 saturated heterocycles. The normalized spacial score (nSPS) is 13.1. The van der Waals surface area contributed by atoms with Crippen LogP contribution in [0.2, 0.25) is 0 Å². The number of carbonyl (C=O) groups is 1. The van der Waals surface area contributed by atoms with E-state index in [2.05, 4.69) is 20.9 Å². The lowest BCUT2D eigenvalue weighted by Crippen LogP contribution is -2.20. The SMILES string of the molecule is CC(C)CC(N=Cc1cc(Br)ccc1O)C(=O)O.